The molecule has 4 heteroatoms. The lowest BCUT2D eigenvalue weighted by Gasteiger charge is -2.32. The van der Waals surface area contributed by atoms with Gasteiger partial charge in [-0.2, -0.15) is 0 Å². The number of ether oxygens (including phenoxy) is 1. The molecule has 2 N–H and O–H groups in total. The standard InChI is InChI=1S/C16H23NO3/c1-2-20-15(19)14(13-8-4-3-5-9-13)17-16(12-18)10-6-7-11-16/h3-5,8-9,14,17-18H,2,6-7,10-12H2,1H3. The Hall–Kier alpha value is -1.39. The van der Waals surface area contributed by atoms with E-state index >= 15 is 0 Å². The molecule has 0 radical (unpaired) electrons. The van der Waals surface area contributed by atoms with Crippen molar-refractivity contribution in [2.75, 3.05) is 13.2 Å². The molecular weight excluding hydrogens is 254 g/mol. The van der Waals surface area contributed by atoms with Gasteiger partial charge in [0.05, 0.1) is 13.2 Å². The van der Waals surface area contributed by atoms with Crippen molar-refractivity contribution in [2.24, 2.45) is 0 Å². The first-order valence-electron chi connectivity index (χ1n) is 7.31. The number of nitrogens with one attached hydrogen (secondary N) is 1. The molecule has 0 aromatic heterocycles. The van der Waals surface area contributed by atoms with Crippen LogP contribution in [-0.4, -0.2) is 29.8 Å². The second-order valence-electron chi connectivity index (χ2n) is 5.39. The zero-order chi connectivity index (χ0) is 14.4. The van der Waals surface area contributed by atoms with Crippen LogP contribution < -0.4 is 5.32 Å². The summed E-state index contributed by atoms with van der Waals surface area (Å²) in [5.41, 5.74) is 0.526. The van der Waals surface area contributed by atoms with E-state index in [9.17, 15) is 9.90 Å². The fraction of sp³-hybridized carbons (Fsp3) is 0.562. The zero-order valence-corrected chi connectivity index (χ0v) is 12.0. The Balaban J connectivity index is 2.20. The third kappa shape index (κ3) is 3.38. The second kappa shape index (κ2) is 6.86. The summed E-state index contributed by atoms with van der Waals surface area (Å²) in [6, 6.07) is 9.04. The minimum atomic E-state index is -0.513. The molecule has 1 unspecified atom stereocenters. The smallest absolute Gasteiger partial charge is 0.327 e. The van der Waals surface area contributed by atoms with Crippen LogP contribution >= 0.6 is 0 Å². The fourth-order valence-electron chi connectivity index (χ4n) is 2.86. The van der Waals surface area contributed by atoms with Gasteiger partial charge in [-0.1, -0.05) is 43.2 Å². The molecule has 0 saturated heterocycles. The van der Waals surface area contributed by atoms with E-state index in [0.29, 0.717) is 6.61 Å². The molecule has 1 atom stereocenters. The first-order chi connectivity index (χ1) is 9.71. The Morgan fingerprint density at radius 1 is 1.35 bits per heavy atom. The van der Waals surface area contributed by atoms with Crippen molar-refractivity contribution in [1.29, 1.82) is 0 Å². The van der Waals surface area contributed by atoms with Gasteiger partial charge in [0.2, 0.25) is 0 Å². The number of hydrogen-bond acceptors (Lipinski definition) is 4. The summed E-state index contributed by atoms with van der Waals surface area (Å²) in [6.45, 7) is 2.21. The summed E-state index contributed by atoms with van der Waals surface area (Å²) in [5.74, 6) is -0.279. The number of carbonyl (C=O) groups excluding carboxylic acids is 1. The van der Waals surface area contributed by atoms with Gasteiger partial charge in [0.15, 0.2) is 0 Å². The fourth-order valence-corrected chi connectivity index (χ4v) is 2.86. The number of hydrogen-bond donors (Lipinski definition) is 2. The Morgan fingerprint density at radius 3 is 2.55 bits per heavy atom. The van der Waals surface area contributed by atoms with Crippen LogP contribution in [0.15, 0.2) is 30.3 Å². The van der Waals surface area contributed by atoms with E-state index in [1.54, 1.807) is 6.92 Å². The van der Waals surface area contributed by atoms with E-state index in [1.807, 2.05) is 30.3 Å². The second-order valence-corrected chi connectivity index (χ2v) is 5.39. The van der Waals surface area contributed by atoms with Gasteiger partial charge in [0, 0.05) is 5.54 Å². The molecule has 0 amide bonds. The quantitative estimate of drug-likeness (QED) is 0.783. The predicted molar refractivity (Wildman–Crippen MR) is 77.2 cm³/mol. The average Bonchev–Trinajstić information content (AvgIpc) is 2.95. The van der Waals surface area contributed by atoms with Crippen LogP contribution in [0.2, 0.25) is 0 Å². The largest absolute Gasteiger partial charge is 0.465 e. The Kier molecular flexibility index (Phi) is 5.15. The van der Waals surface area contributed by atoms with Crippen LogP contribution in [0.1, 0.15) is 44.2 Å². The minimum absolute atomic E-state index is 0.0513. The Morgan fingerprint density at radius 2 is 2.00 bits per heavy atom. The third-order valence-electron chi connectivity index (χ3n) is 3.97. The van der Waals surface area contributed by atoms with Gasteiger partial charge in [0.1, 0.15) is 6.04 Å². The molecule has 1 aliphatic carbocycles. The number of carbonyl (C=O) groups is 1. The van der Waals surface area contributed by atoms with Crippen LogP contribution in [0, 0.1) is 0 Å². The van der Waals surface area contributed by atoms with Crippen LogP contribution in [0.25, 0.3) is 0 Å². The van der Waals surface area contributed by atoms with Crippen molar-refractivity contribution in [1.82, 2.24) is 5.32 Å². The lowest BCUT2D eigenvalue weighted by Crippen LogP contribution is -2.50. The van der Waals surface area contributed by atoms with Crippen molar-refractivity contribution in [3.63, 3.8) is 0 Å². The van der Waals surface area contributed by atoms with Gasteiger partial charge < -0.3 is 9.84 Å². The van der Waals surface area contributed by atoms with Crippen molar-refractivity contribution < 1.29 is 14.6 Å². The third-order valence-corrected chi connectivity index (χ3v) is 3.97. The van der Waals surface area contributed by atoms with Gasteiger partial charge >= 0.3 is 5.97 Å². The highest BCUT2D eigenvalue weighted by Gasteiger charge is 2.37. The molecule has 0 bridgehead atoms. The predicted octanol–water partition coefficient (Wildman–Crippen LogP) is 2.19. The van der Waals surface area contributed by atoms with Gasteiger partial charge in [-0.25, -0.2) is 4.79 Å². The maximum absolute atomic E-state index is 12.2. The topological polar surface area (TPSA) is 58.6 Å². The zero-order valence-electron chi connectivity index (χ0n) is 12.0. The van der Waals surface area contributed by atoms with Gasteiger partial charge in [-0.15, -0.1) is 0 Å². The van der Waals surface area contributed by atoms with E-state index in [-0.39, 0.29) is 18.1 Å². The summed E-state index contributed by atoms with van der Waals surface area (Å²) in [4.78, 5) is 12.2. The molecule has 0 aliphatic heterocycles. The van der Waals surface area contributed by atoms with E-state index in [1.165, 1.54) is 0 Å². The van der Waals surface area contributed by atoms with E-state index in [2.05, 4.69) is 5.32 Å². The maximum Gasteiger partial charge on any atom is 0.327 e. The molecular formula is C16H23NO3. The van der Waals surface area contributed by atoms with Crippen molar-refractivity contribution in [2.45, 2.75) is 44.2 Å². The van der Waals surface area contributed by atoms with Crippen LogP contribution in [0.5, 0.6) is 0 Å². The molecule has 0 heterocycles. The van der Waals surface area contributed by atoms with E-state index in [0.717, 1.165) is 31.2 Å². The molecule has 1 saturated carbocycles. The molecule has 1 fully saturated rings. The number of esters is 1. The molecule has 1 aromatic rings. The lowest BCUT2D eigenvalue weighted by atomic mass is 9.95. The SMILES string of the molecule is CCOC(=O)C(NC1(CO)CCCC1)c1ccccc1. The highest BCUT2D eigenvalue weighted by atomic mass is 16.5. The van der Waals surface area contributed by atoms with Gasteiger partial charge in [-0.05, 0) is 25.3 Å². The van der Waals surface area contributed by atoms with E-state index < -0.39 is 6.04 Å². The summed E-state index contributed by atoms with van der Waals surface area (Å²) in [5, 5.41) is 13.1. The van der Waals surface area contributed by atoms with Crippen LogP contribution in [0.3, 0.4) is 0 Å². The van der Waals surface area contributed by atoms with Crippen LogP contribution in [-0.2, 0) is 9.53 Å². The van der Waals surface area contributed by atoms with Gasteiger partial charge in [-0.3, -0.25) is 5.32 Å². The molecule has 0 spiro atoms. The Labute approximate surface area is 120 Å². The van der Waals surface area contributed by atoms with Crippen molar-refractivity contribution >= 4 is 5.97 Å². The normalized spacial score (nSPS) is 18.7. The molecule has 1 aliphatic rings. The summed E-state index contributed by atoms with van der Waals surface area (Å²) in [6.07, 6.45) is 3.95. The number of aliphatic hydroxyl groups is 1. The Bertz CT molecular complexity index is 427. The molecule has 4 nitrogen and oxygen atoms in total. The van der Waals surface area contributed by atoms with Crippen molar-refractivity contribution in [3.05, 3.63) is 35.9 Å². The first-order valence-corrected chi connectivity index (χ1v) is 7.31. The first kappa shape index (κ1) is 15.0. The van der Waals surface area contributed by atoms with Crippen molar-refractivity contribution in [3.8, 4) is 0 Å². The highest BCUT2D eigenvalue weighted by molar-refractivity contribution is 5.77. The number of aliphatic hydroxyl groups excluding tert-OH is 1. The van der Waals surface area contributed by atoms with Gasteiger partial charge in [0.25, 0.3) is 0 Å². The lowest BCUT2D eigenvalue weighted by molar-refractivity contribution is -0.146. The summed E-state index contributed by atoms with van der Waals surface area (Å²) in [7, 11) is 0. The monoisotopic (exact) mass is 277 g/mol. The van der Waals surface area contributed by atoms with E-state index in [4.69, 9.17) is 4.74 Å². The number of benzene rings is 1. The number of rotatable bonds is 6. The maximum atomic E-state index is 12.2. The molecule has 1 aromatic carbocycles. The molecule has 110 valence electrons. The highest BCUT2D eigenvalue weighted by Crippen LogP contribution is 2.32. The molecule has 20 heavy (non-hydrogen) atoms. The summed E-state index contributed by atoms with van der Waals surface area (Å²) < 4.78 is 5.18. The van der Waals surface area contributed by atoms with Crippen LogP contribution in [0.4, 0.5) is 0 Å². The minimum Gasteiger partial charge on any atom is -0.465 e. The molecule has 2 rings (SSSR count). The average molecular weight is 277 g/mol. The summed E-state index contributed by atoms with van der Waals surface area (Å²) >= 11 is 0.